The van der Waals surface area contributed by atoms with Crippen molar-refractivity contribution in [3.63, 3.8) is 0 Å². The number of rotatable bonds is 0. The lowest BCUT2D eigenvalue weighted by Gasteiger charge is -1.87. The molecule has 6 heavy (non-hydrogen) atoms. The molecule has 1 aliphatic heterocycles. The van der Waals surface area contributed by atoms with E-state index in [0.29, 0.717) is 5.75 Å². The Balaban J connectivity index is 2.38. The molecule has 3 heteroatoms. The van der Waals surface area contributed by atoms with E-state index in [1.54, 1.807) is 0 Å². The molecule has 0 amide bonds. The highest BCUT2D eigenvalue weighted by atomic mass is 32.2. The molecule has 33 valence electrons. The molecule has 0 saturated carbocycles. The van der Waals surface area contributed by atoms with E-state index in [0.717, 1.165) is 0 Å². The fraction of sp³-hybridized carbons (Fsp3) is 0.667. The number of aliphatic imine (C=N–C) groups is 1. The lowest BCUT2D eigenvalue weighted by atomic mass is 10.7. The first kappa shape index (κ1) is 4.15. The number of thioether (sulfide) groups is 1. The maximum atomic E-state index is 8.48. The molecule has 1 radical (unpaired) electrons. The van der Waals surface area contributed by atoms with Gasteiger partial charge in [-0.2, -0.15) is 0 Å². The standard InChI is InChI=1S/C3H4NOS/c5-3-1-6-2-4-3/h3,5H,1H2. The molecule has 1 rings (SSSR count). The zero-order valence-electron chi connectivity index (χ0n) is 3.09. The van der Waals surface area contributed by atoms with Crippen LogP contribution >= 0.6 is 11.8 Å². The lowest BCUT2D eigenvalue weighted by Crippen LogP contribution is -1.98. The summed E-state index contributed by atoms with van der Waals surface area (Å²) in [7, 11) is 0. The van der Waals surface area contributed by atoms with Gasteiger partial charge in [-0.3, -0.25) is 0 Å². The fourth-order valence-corrected chi connectivity index (χ4v) is 0.742. The fourth-order valence-electron chi connectivity index (χ4n) is 0.247. The molecule has 1 aliphatic rings. The molecule has 0 aromatic carbocycles. The molecule has 0 fully saturated rings. The summed E-state index contributed by atoms with van der Waals surface area (Å²) in [5.41, 5.74) is 2.56. The van der Waals surface area contributed by atoms with Crippen LogP contribution in [0, 0.1) is 0 Å². The summed E-state index contributed by atoms with van der Waals surface area (Å²) in [5, 5.41) is 8.48. The Labute approximate surface area is 40.3 Å². The van der Waals surface area contributed by atoms with Crippen molar-refractivity contribution in [2.75, 3.05) is 5.75 Å². The molecule has 0 saturated heterocycles. The second-order valence-electron chi connectivity index (χ2n) is 1.01. The van der Waals surface area contributed by atoms with Crippen LogP contribution in [0.5, 0.6) is 0 Å². The van der Waals surface area contributed by atoms with Crippen molar-refractivity contribution in [3.8, 4) is 0 Å². The highest BCUT2D eigenvalue weighted by Gasteiger charge is 2.03. The second kappa shape index (κ2) is 1.62. The first-order valence-corrected chi connectivity index (χ1v) is 2.63. The number of hydrogen-bond donors (Lipinski definition) is 1. The van der Waals surface area contributed by atoms with Crippen LogP contribution in [0.25, 0.3) is 0 Å². The molecular formula is C3H4NOS. The Bertz CT molecular complexity index is 73.2. The van der Waals surface area contributed by atoms with Gasteiger partial charge < -0.3 is 5.11 Å². The molecule has 0 spiro atoms. The molecule has 0 aromatic heterocycles. The third-order valence-electron chi connectivity index (χ3n) is 0.499. The van der Waals surface area contributed by atoms with Gasteiger partial charge in [0.15, 0.2) is 6.23 Å². The molecule has 1 atom stereocenters. The average molecular weight is 102 g/mol. The highest BCUT2D eigenvalue weighted by Crippen LogP contribution is 2.06. The quantitative estimate of drug-likeness (QED) is 0.465. The lowest BCUT2D eigenvalue weighted by molar-refractivity contribution is 0.213. The molecular weight excluding hydrogens is 98.1 g/mol. The van der Waals surface area contributed by atoms with Crippen LogP contribution in [0.4, 0.5) is 0 Å². The topological polar surface area (TPSA) is 32.6 Å². The maximum absolute atomic E-state index is 8.48. The normalized spacial score (nSPS) is 31.8. The largest absolute Gasteiger partial charge is 0.371 e. The predicted octanol–water partition coefficient (Wildman–Crippen LogP) is -0.0431. The van der Waals surface area contributed by atoms with Gasteiger partial charge in [-0.15, -0.1) is 0 Å². The number of hydrogen-bond acceptors (Lipinski definition) is 3. The molecule has 1 unspecified atom stereocenters. The summed E-state index contributed by atoms with van der Waals surface area (Å²) in [6.07, 6.45) is -0.477. The van der Waals surface area contributed by atoms with Gasteiger partial charge in [0.2, 0.25) is 0 Å². The van der Waals surface area contributed by atoms with Crippen LogP contribution in [0.3, 0.4) is 0 Å². The van der Waals surface area contributed by atoms with Crippen LogP contribution in [-0.4, -0.2) is 22.6 Å². The number of aliphatic hydroxyl groups excluding tert-OH is 1. The minimum Gasteiger partial charge on any atom is -0.371 e. The Morgan fingerprint density at radius 3 is 3.00 bits per heavy atom. The van der Waals surface area contributed by atoms with Gasteiger partial charge in [-0.05, 0) is 0 Å². The van der Waals surface area contributed by atoms with E-state index in [-0.39, 0.29) is 0 Å². The summed E-state index contributed by atoms with van der Waals surface area (Å²) in [4.78, 5) is 3.50. The third kappa shape index (κ3) is 0.725. The summed E-state index contributed by atoms with van der Waals surface area (Å²) in [6, 6.07) is 0. The molecule has 0 aromatic rings. The monoisotopic (exact) mass is 102 g/mol. The first-order chi connectivity index (χ1) is 2.89. The molecule has 1 heterocycles. The van der Waals surface area contributed by atoms with Crippen LogP contribution in [0.1, 0.15) is 0 Å². The van der Waals surface area contributed by atoms with Gasteiger partial charge in [0.05, 0.1) is 0 Å². The third-order valence-corrected chi connectivity index (χ3v) is 1.20. The smallest absolute Gasteiger partial charge is 0.155 e. The zero-order chi connectivity index (χ0) is 4.41. The number of aliphatic hydroxyl groups is 1. The molecule has 0 aliphatic carbocycles. The highest BCUT2D eigenvalue weighted by molar-refractivity contribution is 8.12. The minimum absolute atomic E-state index is 0.477. The predicted molar refractivity (Wildman–Crippen MR) is 25.9 cm³/mol. The summed E-state index contributed by atoms with van der Waals surface area (Å²) in [6.45, 7) is 0. The van der Waals surface area contributed by atoms with E-state index in [2.05, 4.69) is 10.5 Å². The average Bonchev–Trinajstić information content (AvgIpc) is 1.86. The van der Waals surface area contributed by atoms with Crippen LogP contribution in [0.2, 0.25) is 0 Å². The maximum Gasteiger partial charge on any atom is 0.155 e. The van der Waals surface area contributed by atoms with Crippen molar-refractivity contribution in [1.29, 1.82) is 0 Å². The van der Waals surface area contributed by atoms with Crippen molar-refractivity contribution in [2.24, 2.45) is 4.99 Å². The van der Waals surface area contributed by atoms with Gasteiger partial charge >= 0.3 is 0 Å². The van der Waals surface area contributed by atoms with E-state index in [1.807, 2.05) is 0 Å². The zero-order valence-corrected chi connectivity index (χ0v) is 3.90. The second-order valence-corrected chi connectivity index (χ2v) is 1.82. The first-order valence-electron chi connectivity index (χ1n) is 1.64. The summed E-state index contributed by atoms with van der Waals surface area (Å²) < 4.78 is 0. The van der Waals surface area contributed by atoms with E-state index in [1.165, 1.54) is 11.8 Å². The van der Waals surface area contributed by atoms with Crippen molar-refractivity contribution >= 4 is 17.3 Å². The van der Waals surface area contributed by atoms with E-state index in [4.69, 9.17) is 5.11 Å². The minimum atomic E-state index is -0.477. The van der Waals surface area contributed by atoms with Crippen LogP contribution < -0.4 is 0 Å². The van der Waals surface area contributed by atoms with E-state index in [9.17, 15) is 0 Å². The number of nitrogens with zero attached hydrogens (tertiary/aromatic N) is 1. The van der Waals surface area contributed by atoms with Crippen LogP contribution in [0.15, 0.2) is 4.99 Å². The van der Waals surface area contributed by atoms with Crippen molar-refractivity contribution in [2.45, 2.75) is 6.23 Å². The summed E-state index contributed by atoms with van der Waals surface area (Å²) >= 11 is 1.42. The Morgan fingerprint density at radius 2 is 2.83 bits per heavy atom. The van der Waals surface area contributed by atoms with E-state index >= 15 is 0 Å². The van der Waals surface area contributed by atoms with Crippen molar-refractivity contribution < 1.29 is 5.11 Å². The molecule has 2 nitrogen and oxygen atoms in total. The van der Waals surface area contributed by atoms with Gasteiger partial charge in [0, 0.05) is 5.75 Å². The van der Waals surface area contributed by atoms with E-state index < -0.39 is 6.23 Å². The van der Waals surface area contributed by atoms with Gasteiger partial charge in [-0.25, -0.2) is 4.99 Å². The van der Waals surface area contributed by atoms with Gasteiger partial charge in [0.25, 0.3) is 0 Å². The SMILES string of the molecule is OC1CS[C]=N1. The molecule has 1 N–H and O–H groups in total. The van der Waals surface area contributed by atoms with Crippen LogP contribution in [-0.2, 0) is 0 Å². The Morgan fingerprint density at radius 1 is 2.00 bits per heavy atom. The Hall–Kier alpha value is -0.0200. The van der Waals surface area contributed by atoms with Gasteiger partial charge in [-0.1, -0.05) is 11.8 Å². The van der Waals surface area contributed by atoms with Crippen molar-refractivity contribution in [1.82, 2.24) is 0 Å². The Kier molecular flexibility index (Phi) is 1.12. The van der Waals surface area contributed by atoms with Crippen molar-refractivity contribution in [3.05, 3.63) is 0 Å². The summed E-state index contributed by atoms with van der Waals surface area (Å²) in [5.74, 6) is 0.681. The van der Waals surface area contributed by atoms with Gasteiger partial charge in [0.1, 0.15) is 5.55 Å². The molecule has 0 bridgehead atoms.